The number of hydrogen-bond donors (Lipinski definition) is 1. The summed E-state index contributed by atoms with van der Waals surface area (Å²) in [4.78, 5) is 5.89. The zero-order valence-electron chi connectivity index (χ0n) is 10.0. The molecular weight excluding hydrogens is 208 g/mol. The van der Waals surface area contributed by atoms with E-state index in [0.29, 0.717) is 6.04 Å². The highest BCUT2D eigenvalue weighted by Gasteiger charge is 2.30. The quantitative estimate of drug-likeness (QED) is 0.729. The zero-order chi connectivity index (χ0) is 11.4. The Balaban J connectivity index is 2.04. The lowest BCUT2D eigenvalue weighted by Crippen LogP contribution is -2.39. The predicted octanol–water partition coefficient (Wildman–Crippen LogP) is 2.81. The summed E-state index contributed by atoms with van der Waals surface area (Å²) in [5.74, 6) is 0. The van der Waals surface area contributed by atoms with Crippen LogP contribution in [0.4, 0.5) is 0 Å². The Kier molecular flexibility index (Phi) is 1.80. The van der Waals surface area contributed by atoms with Gasteiger partial charge in [0.1, 0.15) is 0 Å². The molecule has 2 heterocycles. The molecule has 2 aromatic rings. The van der Waals surface area contributed by atoms with Crippen molar-refractivity contribution in [3.63, 3.8) is 0 Å². The molecule has 1 N–H and O–H groups in total. The van der Waals surface area contributed by atoms with Crippen LogP contribution in [-0.2, 0) is 6.42 Å². The van der Waals surface area contributed by atoms with Crippen molar-refractivity contribution in [3.8, 4) is 0 Å². The molecule has 0 spiro atoms. The van der Waals surface area contributed by atoms with E-state index >= 15 is 0 Å². The van der Waals surface area contributed by atoms with Crippen LogP contribution in [0.15, 0.2) is 30.5 Å². The van der Waals surface area contributed by atoms with Crippen molar-refractivity contribution in [1.82, 2.24) is 9.88 Å². The normalized spacial score (nSPS) is 23.6. The van der Waals surface area contributed by atoms with Crippen molar-refractivity contribution in [2.45, 2.75) is 18.9 Å². The molecule has 2 nitrogen and oxygen atoms in total. The van der Waals surface area contributed by atoms with Crippen molar-refractivity contribution in [3.05, 3.63) is 41.6 Å². The van der Waals surface area contributed by atoms with Crippen LogP contribution >= 0.6 is 0 Å². The lowest BCUT2D eigenvalue weighted by Gasteiger charge is -2.36. The summed E-state index contributed by atoms with van der Waals surface area (Å²) in [5, 5.41) is 1.45. The smallest absolute Gasteiger partial charge is 0.0462 e. The number of benzene rings is 1. The minimum absolute atomic E-state index is 0.581. The lowest BCUT2D eigenvalue weighted by atomic mass is 9.82. The molecule has 2 aliphatic rings. The van der Waals surface area contributed by atoms with Gasteiger partial charge >= 0.3 is 0 Å². The Morgan fingerprint density at radius 3 is 3.24 bits per heavy atom. The van der Waals surface area contributed by atoms with E-state index in [1.807, 2.05) is 0 Å². The molecule has 0 radical (unpaired) electrons. The van der Waals surface area contributed by atoms with Crippen LogP contribution in [0.1, 0.15) is 17.5 Å². The highest BCUT2D eigenvalue weighted by atomic mass is 15.1. The Morgan fingerprint density at radius 1 is 1.35 bits per heavy atom. The summed E-state index contributed by atoms with van der Waals surface area (Å²) in [6.07, 6.45) is 6.96. The number of rotatable bonds is 0. The predicted molar refractivity (Wildman–Crippen MR) is 71.0 cm³/mol. The molecule has 0 bridgehead atoms. The van der Waals surface area contributed by atoms with Crippen LogP contribution in [0.5, 0.6) is 0 Å². The molecule has 4 rings (SSSR count). The second-order valence-electron chi connectivity index (χ2n) is 5.19. The second-order valence-corrected chi connectivity index (χ2v) is 5.19. The Labute approximate surface area is 101 Å². The van der Waals surface area contributed by atoms with Gasteiger partial charge in [-0.3, -0.25) is 4.90 Å². The van der Waals surface area contributed by atoms with Crippen LogP contribution in [0, 0.1) is 0 Å². The monoisotopic (exact) mass is 224 g/mol. The average Bonchev–Trinajstić information content (AvgIpc) is 2.76. The zero-order valence-corrected chi connectivity index (χ0v) is 10.0. The molecule has 1 atom stereocenters. The topological polar surface area (TPSA) is 19.0 Å². The Morgan fingerprint density at radius 2 is 2.29 bits per heavy atom. The van der Waals surface area contributed by atoms with Crippen molar-refractivity contribution < 1.29 is 0 Å². The fourth-order valence-electron chi connectivity index (χ4n) is 3.37. The van der Waals surface area contributed by atoms with Crippen LogP contribution < -0.4 is 0 Å². The SMILES string of the molecule is CN1CCC=C2c3cccc4[nH]cc(c34)C[C@H]21. The number of aromatic amines is 1. The summed E-state index contributed by atoms with van der Waals surface area (Å²) < 4.78 is 0. The fraction of sp³-hybridized carbons (Fsp3) is 0.333. The second kappa shape index (κ2) is 3.23. The summed E-state index contributed by atoms with van der Waals surface area (Å²) in [6, 6.07) is 7.19. The summed E-state index contributed by atoms with van der Waals surface area (Å²) in [6.45, 7) is 1.18. The molecule has 17 heavy (non-hydrogen) atoms. The minimum Gasteiger partial charge on any atom is -0.361 e. The van der Waals surface area contributed by atoms with E-state index < -0.39 is 0 Å². The number of H-pyrrole nitrogens is 1. The standard InChI is InChI=1S/C15H16N2/c1-17-7-3-5-11-12-4-2-6-13-15(12)10(9-16-13)8-14(11)17/h2,4-6,9,14,16H,3,7-8H2,1H3/t14-/m1/s1. The fourth-order valence-corrected chi connectivity index (χ4v) is 3.37. The molecule has 2 heteroatoms. The first-order valence-electron chi connectivity index (χ1n) is 6.34. The van der Waals surface area contributed by atoms with Gasteiger partial charge in [0.05, 0.1) is 0 Å². The highest BCUT2D eigenvalue weighted by Crippen LogP contribution is 2.39. The van der Waals surface area contributed by atoms with Gasteiger partial charge in [-0.15, -0.1) is 0 Å². The van der Waals surface area contributed by atoms with Gasteiger partial charge in [0.2, 0.25) is 0 Å². The van der Waals surface area contributed by atoms with Gasteiger partial charge in [0.15, 0.2) is 0 Å². The van der Waals surface area contributed by atoms with Gasteiger partial charge in [0, 0.05) is 29.7 Å². The minimum atomic E-state index is 0.581. The molecule has 0 amide bonds. The van der Waals surface area contributed by atoms with E-state index in [4.69, 9.17) is 0 Å². The number of fused-ring (bicyclic) bond motifs is 2. The maximum Gasteiger partial charge on any atom is 0.0462 e. The number of hydrogen-bond acceptors (Lipinski definition) is 1. The molecule has 86 valence electrons. The van der Waals surface area contributed by atoms with Crippen molar-refractivity contribution >= 4 is 16.5 Å². The van der Waals surface area contributed by atoms with Crippen molar-refractivity contribution in [1.29, 1.82) is 0 Å². The first kappa shape index (κ1) is 9.49. The van der Waals surface area contributed by atoms with Gasteiger partial charge in [-0.2, -0.15) is 0 Å². The first-order valence-corrected chi connectivity index (χ1v) is 6.34. The molecular formula is C15H16N2. The van der Waals surface area contributed by atoms with E-state index in [-0.39, 0.29) is 0 Å². The summed E-state index contributed by atoms with van der Waals surface area (Å²) in [7, 11) is 2.25. The molecule has 0 fully saturated rings. The first-order chi connectivity index (χ1) is 8.34. The van der Waals surface area contributed by atoms with Crippen molar-refractivity contribution in [2.75, 3.05) is 13.6 Å². The Hall–Kier alpha value is -1.54. The third-order valence-electron chi connectivity index (χ3n) is 4.25. The number of aromatic nitrogens is 1. The van der Waals surface area contributed by atoms with E-state index in [2.05, 4.69) is 47.4 Å². The number of nitrogens with one attached hydrogen (secondary N) is 1. The van der Waals surface area contributed by atoms with Crippen LogP contribution in [0.3, 0.4) is 0 Å². The molecule has 0 saturated carbocycles. The van der Waals surface area contributed by atoms with Crippen LogP contribution in [-0.4, -0.2) is 29.5 Å². The van der Waals surface area contributed by atoms with E-state index in [1.54, 1.807) is 0 Å². The third kappa shape index (κ3) is 1.19. The maximum atomic E-state index is 3.40. The van der Waals surface area contributed by atoms with Gasteiger partial charge in [0.25, 0.3) is 0 Å². The molecule has 0 saturated heterocycles. The molecule has 1 aliphatic heterocycles. The molecule has 1 aromatic heterocycles. The third-order valence-corrected chi connectivity index (χ3v) is 4.25. The van der Waals surface area contributed by atoms with Crippen LogP contribution in [0.2, 0.25) is 0 Å². The summed E-state index contributed by atoms with van der Waals surface area (Å²) in [5.41, 5.74) is 5.74. The molecule has 1 aromatic carbocycles. The lowest BCUT2D eigenvalue weighted by molar-refractivity contribution is 0.282. The van der Waals surface area contributed by atoms with Gasteiger partial charge < -0.3 is 4.98 Å². The van der Waals surface area contributed by atoms with Crippen molar-refractivity contribution in [2.24, 2.45) is 0 Å². The van der Waals surface area contributed by atoms with Gasteiger partial charge in [-0.05, 0) is 42.7 Å². The Bertz CT molecular complexity index is 621. The molecule has 1 aliphatic carbocycles. The van der Waals surface area contributed by atoms with Gasteiger partial charge in [-0.25, -0.2) is 0 Å². The van der Waals surface area contributed by atoms with E-state index in [9.17, 15) is 0 Å². The van der Waals surface area contributed by atoms with E-state index in [0.717, 1.165) is 6.42 Å². The molecule has 0 unspecified atom stereocenters. The summed E-state index contributed by atoms with van der Waals surface area (Å²) >= 11 is 0. The number of likely N-dealkylation sites (N-methyl/N-ethyl adjacent to an activating group) is 1. The average molecular weight is 224 g/mol. The van der Waals surface area contributed by atoms with Crippen LogP contribution in [0.25, 0.3) is 16.5 Å². The van der Waals surface area contributed by atoms with Gasteiger partial charge in [-0.1, -0.05) is 18.2 Å². The maximum absolute atomic E-state index is 3.40. The largest absolute Gasteiger partial charge is 0.361 e. The van der Waals surface area contributed by atoms with E-state index in [1.165, 1.54) is 40.6 Å². The highest BCUT2D eigenvalue weighted by molar-refractivity contribution is 5.98. The number of nitrogens with zero attached hydrogens (tertiary/aromatic N) is 1.